The lowest BCUT2D eigenvalue weighted by Gasteiger charge is -2.41. The fraction of sp³-hybridized carbons (Fsp3) is 0.526. The molecule has 2 aliphatic rings. The topological polar surface area (TPSA) is 26.3 Å². The molecule has 0 saturated heterocycles. The standard InChI is InChI=1S/C19H23FO2/c1-12(2)11-19-7-5-4-6-13(18(19)21)8-15-16(19)9-14(22-3)10-17(15)20/h4-5,9-10,12-13H,6-8,11H2,1-3H3. The highest BCUT2D eigenvalue weighted by Gasteiger charge is 2.49. The van der Waals surface area contributed by atoms with Crippen LogP contribution in [0.15, 0.2) is 24.3 Å². The van der Waals surface area contributed by atoms with Crippen molar-refractivity contribution >= 4 is 5.78 Å². The molecule has 2 atom stereocenters. The number of ether oxygens (including phenoxy) is 1. The van der Waals surface area contributed by atoms with E-state index < -0.39 is 5.41 Å². The van der Waals surface area contributed by atoms with Gasteiger partial charge in [0.15, 0.2) is 0 Å². The van der Waals surface area contributed by atoms with Crippen molar-refractivity contribution in [2.75, 3.05) is 7.11 Å². The van der Waals surface area contributed by atoms with E-state index in [1.54, 1.807) is 0 Å². The number of hydrogen-bond donors (Lipinski definition) is 0. The molecule has 2 bridgehead atoms. The zero-order valence-electron chi connectivity index (χ0n) is 13.5. The number of carbonyl (C=O) groups is 1. The van der Waals surface area contributed by atoms with E-state index in [0.717, 1.165) is 24.0 Å². The smallest absolute Gasteiger partial charge is 0.147 e. The predicted octanol–water partition coefficient (Wildman–Crippen LogP) is 4.21. The Hall–Kier alpha value is -1.64. The molecule has 2 aliphatic carbocycles. The second kappa shape index (κ2) is 5.53. The first-order valence-corrected chi connectivity index (χ1v) is 8.04. The molecule has 2 nitrogen and oxygen atoms in total. The molecule has 0 amide bonds. The summed E-state index contributed by atoms with van der Waals surface area (Å²) < 4.78 is 19.8. The van der Waals surface area contributed by atoms with E-state index in [1.165, 1.54) is 13.2 Å². The molecule has 2 unspecified atom stereocenters. The van der Waals surface area contributed by atoms with Crippen molar-refractivity contribution in [2.24, 2.45) is 11.8 Å². The van der Waals surface area contributed by atoms with Gasteiger partial charge in [0, 0.05) is 12.0 Å². The van der Waals surface area contributed by atoms with Crippen LogP contribution in [0.3, 0.4) is 0 Å². The third-order valence-electron chi connectivity index (χ3n) is 5.02. The molecule has 3 rings (SSSR count). The summed E-state index contributed by atoms with van der Waals surface area (Å²) >= 11 is 0. The average Bonchev–Trinajstić information content (AvgIpc) is 2.56. The Morgan fingerprint density at radius 1 is 1.36 bits per heavy atom. The first-order valence-electron chi connectivity index (χ1n) is 8.04. The van der Waals surface area contributed by atoms with Crippen LogP contribution < -0.4 is 4.74 Å². The lowest BCUT2D eigenvalue weighted by molar-refractivity contribution is -0.129. The maximum absolute atomic E-state index is 14.6. The maximum atomic E-state index is 14.6. The summed E-state index contributed by atoms with van der Waals surface area (Å²) in [6, 6.07) is 3.32. The lowest BCUT2D eigenvalue weighted by Crippen LogP contribution is -2.45. The maximum Gasteiger partial charge on any atom is 0.147 e. The summed E-state index contributed by atoms with van der Waals surface area (Å²) in [4.78, 5) is 13.2. The van der Waals surface area contributed by atoms with Crippen molar-refractivity contribution in [1.29, 1.82) is 0 Å². The first kappa shape index (κ1) is 15.3. The Bertz CT molecular complexity index is 633. The normalized spacial score (nSPS) is 26.8. The zero-order valence-corrected chi connectivity index (χ0v) is 13.5. The highest BCUT2D eigenvalue weighted by molar-refractivity contribution is 5.95. The molecule has 22 heavy (non-hydrogen) atoms. The van der Waals surface area contributed by atoms with Crippen LogP contribution in [0.1, 0.15) is 44.2 Å². The molecule has 0 saturated carbocycles. The molecule has 0 N–H and O–H groups in total. The van der Waals surface area contributed by atoms with Crippen LogP contribution in [0, 0.1) is 17.7 Å². The largest absolute Gasteiger partial charge is 0.497 e. The van der Waals surface area contributed by atoms with Crippen LogP contribution in [-0.2, 0) is 16.6 Å². The Labute approximate surface area is 131 Å². The second-order valence-corrected chi connectivity index (χ2v) is 6.99. The molecular formula is C19H23FO2. The molecule has 0 heterocycles. The Balaban J connectivity index is 2.25. The van der Waals surface area contributed by atoms with Crippen molar-refractivity contribution in [3.63, 3.8) is 0 Å². The van der Waals surface area contributed by atoms with E-state index >= 15 is 0 Å². The summed E-state index contributed by atoms with van der Waals surface area (Å²) in [5, 5.41) is 0. The van der Waals surface area contributed by atoms with Gasteiger partial charge in [-0.1, -0.05) is 26.0 Å². The van der Waals surface area contributed by atoms with Crippen LogP contribution >= 0.6 is 0 Å². The fourth-order valence-corrected chi connectivity index (χ4v) is 4.16. The Kier molecular flexibility index (Phi) is 3.84. The van der Waals surface area contributed by atoms with Crippen LogP contribution in [0.25, 0.3) is 0 Å². The molecule has 1 aromatic carbocycles. The van der Waals surface area contributed by atoms with Crippen molar-refractivity contribution in [1.82, 2.24) is 0 Å². The number of hydrogen-bond acceptors (Lipinski definition) is 2. The van der Waals surface area contributed by atoms with Gasteiger partial charge in [0.2, 0.25) is 0 Å². The summed E-state index contributed by atoms with van der Waals surface area (Å²) in [5.41, 5.74) is 0.982. The van der Waals surface area contributed by atoms with Gasteiger partial charge in [0.25, 0.3) is 0 Å². The monoisotopic (exact) mass is 302 g/mol. The van der Waals surface area contributed by atoms with Gasteiger partial charge in [-0.15, -0.1) is 0 Å². The molecule has 0 aromatic heterocycles. The van der Waals surface area contributed by atoms with Crippen molar-refractivity contribution in [2.45, 2.75) is 44.9 Å². The van der Waals surface area contributed by atoms with Gasteiger partial charge >= 0.3 is 0 Å². The third kappa shape index (κ3) is 2.27. The van der Waals surface area contributed by atoms with Gasteiger partial charge in [0.05, 0.1) is 12.5 Å². The molecule has 118 valence electrons. The number of allylic oxidation sites excluding steroid dienone is 2. The van der Waals surface area contributed by atoms with Crippen LogP contribution in [0.4, 0.5) is 4.39 Å². The lowest BCUT2D eigenvalue weighted by atomic mass is 9.61. The van der Waals surface area contributed by atoms with Gasteiger partial charge in [-0.25, -0.2) is 4.39 Å². The third-order valence-corrected chi connectivity index (χ3v) is 5.02. The molecule has 0 radical (unpaired) electrons. The minimum Gasteiger partial charge on any atom is -0.497 e. The van der Waals surface area contributed by atoms with Gasteiger partial charge in [-0.05, 0) is 48.8 Å². The number of methoxy groups -OCH3 is 1. The number of Topliss-reactive ketones (excluding diaryl/α,β-unsaturated/α-hetero) is 1. The number of ketones is 1. The number of halogens is 1. The Morgan fingerprint density at radius 3 is 2.82 bits per heavy atom. The van der Waals surface area contributed by atoms with Crippen molar-refractivity contribution in [3.8, 4) is 5.75 Å². The number of fused-ring (bicyclic) bond motifs is 4. The molecule has 1 aromatic rings. The quantitative estimate of drug-likeness (QED) is 0.782. The van der Waals surface area contributed by atoms with Gasteiger partial charge in [-0.3, -0.25) is 4.79 Å². The van der Waals surface area contributed by atoms with Crippen molar-refractivity contribution < 1.29 is 13.9 Å². The molecule has 0 spiro atoms. The van der Waals surface area contributed by atoms with Gasteiger partial charge in [-0.2, -0.15) is 0 Å². The van der Waals surface area contributed by atoms with Crippen molar-refractivity contribution in [3.05, 3.63) is 41.2 Å². The second-order valence-electron chi connectivity index (χ2n) is 6.99. The van der Waals surface area contributed by atoms with E-state index in [0.29, 0.717) is 24.5 Å². The van der Waals surface area contributed by atoms with E-state index in [4.69, 9.17) is 4.74 Å². The fourth-order valence-electron chi connectivity index (χ4n) is 4.16. The predicted molar refractivity (Wildman–Crippen MR) is 84.7 cm³/mol. The van der Waals surface area contributed by atoms with Crippen LogP contribution in [0.2, 0.25) is 0 Å². The summed E-state index contributed by atoms with van der Waals surface area (Å²) in [6.07, 6.45) is 6.85. The van der Waals surface area contributed by atoms with E-state index in [1.807, 2.05) is 6.07 Å². The molecule has 3 heteroatoms. The summed E-state index contributed by atoms with van der Waals surface area (Å²) in [7, 11) is 1.54. The number of carbonyl (C=O) groups excluding carboxylic acids is 1. The Morgan fingerprint density at radius 2 is 2.14 bits per heavy atom. The van der Waals surface area contributed by atoms with E-state index in [2.05, 4.69) is 26.0 Å². The zero-order chi connectivity index (χ0) is 15.9. The number of benzene rings is 1. The van der Waals surface area contributed by atoms with E-state index in [-0.39, 0.29) is 17.5 Å². The average molecular weight is 302 g/mol. The van der Waals surface area contributed by atoms with Gasteiger partial charge < -0.3 is 4.74 Å². The summed E-state index contributed by atoms with van der Waals surface area (Å²) in [5.74, 6) is 0.830. The van der Waals surface area contributed by atoms with Crippen LogP contribution in [-0.4, -0.2) is 12.9 Å². The first-order chi connectivity index (χ1) is 10.5. The van der Waals surface area contributed by atoms with Crippen LogP contribution in [0.5, 0.6) is 5.75 Å². The van der Waals surface area contributed by atoms with E-state index in [9.17, 15) is 9.18 Å². The minimum atomic E-state index is -0.588. The van der Waals surface area contributed by atoms with Gasteiger partial charge in [0.1, 0.15) is 17.3 Å². The molecule has 0 fully saturated rings. The summed E-state index contributed by atoms with van der Waals surface area (Å²) in [6.45, 7) is 4.24. The highest BCUT2D eigenvalue weighted by Crippen LogP contribution is 2.48. The molecule has 0 aliphatic heterocycles. The highest BCUT2D eigenvalue weighted by atomic mass is 19.1. The number of rotatable bonds is 3. The SMILES string of the molecule is COc1cc(F)c2c(c1)C1(CC(C)C)CC=CCC(C2)C1=O. The molecular weight excluding hydrogens is 279 g/mol. The minimum absolute atomic E-state index is 0.0899.